The summed E-state index contributed by atoms with van der Waals surface area (Å²) >= 11 is 0. The lowest BCUT2D eigenvalue weighted by atomic mass is 9.98. The van der Waals surface area contributed by atoms with Crippen LogP contribution in [0.5, 0.6) is 0 Å². The molecular formula is C12H24O35S9. The zero-order valence-corrected chi connectivity index (χ0v) is 33.2. The first kappa shape index (κ1) is 52.9. The minimum atomic E-state index is -6.35. The zero-order chi connectivity index (χ0) is 43.8. The van der Waals surface area contributed by atoms with Gasteiger partial charge >= 0.3 is 62.4 Å². The smallest absolute Gasteiger partial charge is 0.341 e. The number of ether oxygens (including phenoxy) is 2. The third-order valence-corrected chi connectivity index (χ3v) is 9.35. The van der Waals surface area contributed by atoms with Gasteiger partial charge in [0.15, 0.2) is 12.4 Å². The van der Waals surface area contributed by atoms with E-state index < -0.39 is 170 Å². The average molecular weight is 1020 g/mol. The Morgan fingerprint density at radius 3 is 1.34 bits per heavy atom. The van der Waals surface area contributed by atoms with E-state index in [1.54, 1.807) is 0 Å². The second-order valence-corrected chi connectivity index (χ2v) is 17.7. The predicted molar refractivity (Wildman–Crippen MR) is 161 cm³/mol. The quantitative estimate of drug-likeness (QED) is 0.0287. The molecule has 0 aromatic carbocycles. The lowest BCUT2D eigenvalue weighted by Crippen LogP contribution is -2.64. The number of hydrogen-bond acceptors (Lipinski definition) is 29. The summed E-state index contributed by atoms with van der Waals surface area (Å²) in [6.45, 7) is -5.94. The molecule has 0 bridgehead atoms. The molecule has 44 heteroatoms. The predicted octanol–water partition coefficient (Wildman–Crippen LogP) is -8.15. The molecule has 336 valence electrons. The minimum absolute atomic E-state index is 1.66. The maximum absolute atomic E-state index is 11.9. The first-order chi connectivity index (χ1) is 25.0. The molecule has 1 unspecified atom stereocenters. The van der Waals surface area contributed by atoms with Crippen LogP contribution in [0.25, 0.3) is 0 Å². The Morgan fingerprint density at radius 2 is 0.946 bits per heavy atom. The fourth-order valence-electron chi connectivity index (χ4n) is 3.93. The van der Waals surface area contributed by atoms with Crippen LogP contribution in [-0.2, 0) is 142 Å². The number of thiol groups is 3. The summed E-state index contributed by atoms with van der Waals surface area (Å²) in [6.07, 6.45) is -29.5. The van der Waals surface area contributed by atoms with Gasteiger partial charge in [0.1, 0.15) is 42.7 Å². The first-order valence-electron chi connectivity index (χ1n) is 12.5. The molecule has 0 aromatic rings. The van der Waals surface area contributed by atoms with E-state index in [9.17, 15) is 98.5 Å². The van der Waals surface area contributed by atoms with Crippen molar-refractivity contribution in [1.29, 1.82) is 0 Å². The molecule has 0 radical (unpaired) electrons. The van der Waals surface area contributed by atoms with Crippen LogP contribution >= 0.6 is 0 Å². The van der Waals surface area contributed by atoms with E-state index in [1.807, 2.05) is 0 Å². The zero-order valence-electron chi connectivity index (χ0n) is 25.6. The molecule has 1 aliphatic rings. The van der Waals surface area contributed by atoms with Crippen molar-refractivity contribution in [2.24, 2.45) is 0 Å². The molecule has 0 saturated carbocycles. The topological polar surface area (TPSA) is 530 Å². The van der Waals surface area contributed by atoms with Crippen molar-refractivity contribution in [1.82, 2.24) is 0 Å². The molecule has 0 amide bonds. The Balaban J connectivity index is 4.46. The molecule has 1 aliphatic heterocycles. The van der Waals surface area contributed by atoms with E-state index in [0.717, 1.165) is 0 Å². The number of rotatable bonds is 26. The summed E-state index contributed by atoms with van der Waals surface area (Å²) in [4.78, 5) is 0. The summed E-state index contributed by atoms with van der Waals surface area (Å²) < 4.78 is 311. The van der Waals surface area contributed by atoms with E-state index in [2.05, 4.69) is 37.6 Å². The molecule has 0 spiro atoms. The summed E-state index contributed by atoms with van der Waals surface area (Å²) in [5, 5.41) is 0. The summed E-state index contributed by atoms with van der Waals surface area (Å²) in [5.74, 6) is 0. The van der Waals surface area contributed by atoms with Gasteiger partial charge < -0.3 is 9.47 Å². The second kappa shape index (κ2) is 20.9. The highest BCUT2D eigenvalue weighted by atomic mass is 32.3. The molecular weight excluding hydrogens is 993 g/mol. The minimum Gasteiger partial charge on any atom is -0.341 e. The van der Waals surface area contributed by atoms with Gasteiger partial charge in [-0.2, -0.15) is 50.5 Å². The molecule has 0 aromatic heterocycles. The fourth-order valence-corrected chi connectivity index (χ4v) is 7.68. The van der Waals surface area contributed by atoms with Gasteiger partial charge in [-0.15, -0.1) is 0 Å². The lowest BCUT2D eigenvalue weighted by Gasteiger charge is -2.45. The maximum Gasteiger partial charge on any atom is 0.397 e. The standard InChI is InChI=1S/C12H24O35S9/c13-48(14)37-1-4-8(42-50(17)18)10(46-55(31,32)33)11(47-56(34,35)36)12(40-4)41-7(5(2-38-49(15)16)43-52(22,23)24)9(45-54(28,29)30)6(44-53(25,26)27)3-39-51(19,20)21/h4-12,48-50H,1-3H2,(H,19,20,21)(H,22,23,24)(H,25,26,27)(H,28,29,30)(H,31,32,33)(H,34,35,36)/t4-,5+,6-,7?,8-,9-,10+,11-,12+/m1/s1. The highest BCUT2D eigenvalue weighted by molar-refractivity contribution is 7.82. The van der Waals surface area contributed by atoms with Gasteiger partial charge in [0.2, 0.25) is 0 Å². The monoisotopic (exact) mass is 1020 g/mol. The van der Waals surface area contributed by atoms with Crippen molar-refractivity contribution in [3.63, 3.8) is 0 Å². The third kappa shape index (κ3) is 22.3. The van der Waals surface area contributed by atoms with Crippen LogP contribution in [0.3, 0.4) is 0 Å². The van der Waals surface area contributed by atoms with Gasteiger partial charge in [0.25, 0.3) is 33.0 Å². The Kier molecular flexibility index (Phi) is 19.7. The lowest BCUT2D eigenvalue weighted by molar-refractivity contribution is -0.312. The Morgan fingerprint density at radius 1 is 0.500 bits per heavy atom. The summed E-state index contributed by atoms with van der Waals surface area (Å²) in [7, 11) is -49.6. The van der Waals surface area contributed by atoms with Crippen molar-refractivity contribution < 1.29 is 150 Å². The molecule has 6 N–H and O–H groups in total. The molecule has 1 heterocycles. The van der Waals surface area contributed by atoms with Gasteiger partial charge in [-0.3, -0.25) is 39.9 Å². The van der Waals surface area contributed by atoms with Gasteiger partial charge in [0.05, 0.1) is 19.8 Å². The third-order valence-electron chi connectivity index (χ3n) is 5.41. The van der Waals surface area contributed by atoms with Crippen LogP contribution in [0.2, 0.25) is 0 Å². The van der Waals surface area contributed by atoms with E-state index in [1.165, 1.54) is 0 Å². The molecule has 1 fully saturated rings. The van der Waals surface area contributed by atoms with Crippen molar-refractivity contribution in [3.8, 4) is 0 Å². The van der Waals surface area contributed by atoms with E-state index >= 15 is 0 Å². The van der Waals surface area contributed by atoms with Crippen molar-refractivity contribution >= 4 is 95.3 Å². The normalized spacial score (nSPS) is 24.3. The SMILES string of the molecule is O=[SH](=O)OC[C@H](OS(=O)(=O)O)C(O[C@@H]1O[C@H](CO[SH](=O)=O)[C@@H](O[SH](=O)=O)[C@H](OS(=O)(=O)O)[C@H]1OS(=O)(=O)O)[C@H](OS(=O)(=O)O)[C@@H](COS(=O)(=O)O)OS(=O)(=O)O. The Labute approximate surface area is 319 Å². The Bertz CT molecular complexity index is 2220. The number of hydrogen-bond donors (Lipinski definition) is 9. The maximum atomic E-state index is 11.9. The van der Waals surface area contributed by atoms with Crippen molar-refractivity contribution in [2.45, 2.75) is 55.1 Å². The molecule has 1 rings (SSSR count). The van der Waals surface area contributed by atoms with Crippen LogP contribution in [0.4, 0.5) is 0 Å². The van der Waals surface area contributed by atoms with Gasteiger partial charge in [0, 0.05) is 0 Å². The molecule has 35 nitrogen and oxygen atoms in total. The molecule has 9 atom stereocenters. The first-order valence-corrected chi connectivity index (χ1v) is 24.0. The highest BCUT2D eigenvalue weighted by Gasteiger charge is 2.56. The fraction of sp³-hybridized carbons (Fsp3) is 1.00. The van der Waals surface area contributed by atoms with Gasteiger partial charge in [-0.1, -0.05) is 0 Å². The van der Waals surface area contributed by atoms with E-state index in [4.69, 9.17) is 14.0 Å². The van der Waals surface area contributed by atoms with E-state index in [-0.39, 0.29) is 0 Å². The summed E-state index contributed by atoms with van der Waals surface area (Å²) in [6, 6.07) is 0. The van der Waals surface area contributed by atoms with Crippen LogP contribution < -0.4 is 0 Å². The average Bonchev–Trinajstić information content (AvgIpc) is 2.93. The molecule has 56 heavy (non-hydrogen) atoms. The van der Waals surface area contributed by atoms with Crippen LogP contribution in [0.1, 0.15) is 0 Å². The van der Waals surface area contributed by atoms with Gasteiger partial charge in [-0.05, 0) is 0 Å². The summed E-state index contributed by atoms with van der Waals surface area (Å²) in [5.41, 5.74) is 0. The Hall–Kier alpha value is -1.13. The van der Waals surface area contributed by atoms with Gasteiger partial charge in [-0.25, -0.2) is 50.4 Å². The van der Waals surface area contributed by atoms with Crippen molar-refractivity contribution in [3.05, 3.63) is 0 Å². The van der Waals surface area contributed by atoms with Crippen molar-refractivity contribution in [2.75, 3.05) is 19.8 Å². The second-order valence-electron chi connectivity index (χ2n) is 9.28. The van der Waals surface area contributed by atoms with Crippen LogP contribution in [0, 0.1) is 0 Å². The molecule has 0 aliphatic carbocycles. The van der Waals surface area contributed by atoms with E-state index in [0.29, 0.717) is 0 Å². The molecule has 1 saturated heterocycles. The highest BCUT2D eigenvalue weighted by Crippen LogP contribution is 2.34. The van der Waals surface area contributed by atoms with Crippen LogP contribution in [-0.4, -0.2) is 178 Å². The van der Waals surface area contributed by atoms with Crippen LogP contribution in [0.15, 0.2) is 0 Å². The largest absolute Gasteiger partial charge is 0.397 e.